The van der Waals surface area contributed by atoms with Crippen LogP contribution in [-0.2, 0) is 9.53 Å². The maximum absolute atomic E-state index is 11.3. The van der Waals surface area contributed by atoms with Crippen molar-refractivity contribution in [3.8, 4) is 0 Å². The molecule has 0 spiro atoms. The Labute approximate surface area is 92.5 Å². The quantitative estimate of drug-likeness (QED) is 0.839. The van der Waals surface area contributed by atoms with Crippen molar-refractivity contribution < 1.29 is 9.53 Å². The lowest BCUT2D eigenvalue weighted by molar-refractivity contribution is -0.119. The number of amides is 1. The van der Waals surface area contributed by atoms with E-state index in [1.807, 2.05) is 6.07 Å². The number of carbonyl (C=O) groups is 1. The van der Waals surface area contributed by atoms with Crippen molar-refractivity contribution in [1.82, 2.24) is 9.97 Å². The van der Waals surface area contributed by atoms with Gasteiger partial charge in [0.2, 0.25) is 5.91 Å². The molecular weight excluding hydrogens is 206 g/mol. The van der Waals surface area contributed by atoms with Gasteiger partial charge in [0.05, 0.1) is 11.0 Å². The molecule has 1 N–H and O–H groups in total. The number of nitrogens with zero attached hydrogens (tertiary/aromatic N) is 2. The van der Waals surface area contributed by atoms with E-state index in [1.54, 1.807) is 24.5 Å². The van der Waals surface area contributed by atoms with E-state index in [9.17, 15) is 4.79 Å². The number of methoxy groups -OCH3 is 1. The minimum Gasteiger partial charge on any atom is -0.375 e. The zero-order valence-corrected chi connectivity index (χ0v) is 8.80. The Bertz CT molecular complexity index is 513. The van der Waals surface area contributed by atoms with E-state index in [1.165, 1.54) is 7.11 Å². The molecule has 1 heterocycles. The molecule has 1 aromatic carbocycles. The predicted molar refractivity (Wildman–Crippen MR) is 60.0 cm³/mol. The fourth-order valence-electron chi connectivity index (χ4n) is 1.37. The highest BCUT2D eigenvalue weighted by molar-refractivity contribution is 5.93. The lowest BCUT2D eigenvalue weighted by atomic mass is 10.2. The number of hydrogen-bond acceptors (Lipinski definition) is 4. The van der Waals surface area contributed by atoms with Crippen LogP contribution >= 0.6 is 0 Å². The largest absolute Gasteiger partial charge is 0.375 e. The molecule has 0 saturated carbocycles. The molecule has 0 aliphatic rings. The van der Waals surface area contributed by atoms with Crippen LogP contribution in [0.15, 0.2) is 30.6 Å². The maximum Gasteiger partial charge on any atom is 0.250 e. The summed E-state index contributed by atoms with van der Waals surface area (Å²) in [6.07, 6.45) is 3.24. The van der Waals surface area contributed by atoms with Gasteiger partial charge in [-0.25, -0.2) is 0 Å². The molecule has 0 bridgehead atoms. The molecular formula is C11H11N3O2. The third-order valence-electron chi connectivity index (χ3n) is 2.03. The summed E-state index contributed by atoms with van der Waals surface area (Å²) in [5.74, 6) is -0.189. The topological polar surface area (TPSA) is 64.1 Å². The average molecular weight is 217 g/mol. The summed E-state index contributed by atoms with van der Waals surface area (Å²) in [5.41, 5.74) is 2.24. The molecule has 0 radical (unpaired) electrons. The maximum atomic E-state index is 11.3. The summed E-state index contributed by atoms with van der Waals surface area (Å²) < 4.78 is 4.72. The summed E-state index contributed by atoms with van der Waals surface area (Å²) >= 11 is 0. The molecule has 0 unspecified atom stereocenters. The number of hydrogen-bond donors (Lipinski definition) is 1. The molecule has 5 nitrogen and oxygen atoms in total. The second kappa shape index (κ2) is 4.67. The summed E-state index contributed by atoms with van der Waals surface area (Å²) in [6, 6.07) is 5.37. The van der Waals surface area contributed by atoms with Gasteiger partial charge >= 0.3 is 0 Å². The van der Waals surface area contributed by atoms with E-state index in [-0.39, 0.29) is 12.5 Å². The Hall–Kier alpha value is -2.01. The van der Waals surface area contributed by atoms with Crippen LogP contribution in [-0.4, -0.2) is 29.6 Å². The van der Waals surface area contributed by atoms with Crippen molar-refractivity contribution in [1.29, 1.82) is 0 Å². The SMILES string of the molecule is COCC(=O)Nc1ccc2nccnc2c1. The van der Waals surface area contributed by atoms with E-state index < -0.39 is 0 Å². The van der Waals surface area contributed by atoms with Crippen molar-refractivity contribution in [3.05, 3.63) is 30.6 Å². The third kappa shape index (κ3) is 2.32. The number of benzene rings is 1. The molecule has 0 saturated heterocycles. The second-order valence-corrected chi connectivity index (χ2v) is 3.24. The summed E-state index contributed by atoms with van der Waals surface area (Å²) in [6.45, 7) is 0.0402. The van der Waals surface area contributed by atoms with Crippen molar-refractivity contribution in [2.45, 2.75) is 0 Å². The Morgan fingerprint density at radius 1 is 1.31 bits per heavy atom. The standard InChI is InChI=1S/C11H11N3O2/c1-16-7-11(15)14-8-2-3-9-10(6-8)13-5-4-12-9/h2-6H,7H2,1H3,(H,14,15). The molecule has 1 aromatic heterocycles. The number of fused-ring (bicyclic) bond motifs is 1. The number of anilines is 1. The molecule has 1 amide bonds. The lowest BCUT2D eigenvalue weighted by Crippen LogP contribution is -2.16. The first-order valence-electron chi connectivity index (χ1n) is 4.79. The van der Waals surface area contributed by atoms with Crippen LogP contribution in [0.5, 0.6) is 0 Å². The zero-order chi connectivity index (χ0) is 11.4. The number of ether oxygens (including phenoxy) is 1. The molecule has 0 aliphatic heterocycles. The third-order valence-corrected chi connectivity index (χ3v) is 2.03. The second-order valence-electron chi connectivity index (χ2n) is 3.24. The van der Waals surface area contributed by atoms with Gasteiger partial charge in [0.1, 0.15) is 6.61 Å². The van der Waals surface area contributed by atoms with Crippen LogP contribution in [0.1, 0.15) is 0 Å². The molecule has 0 atom stereocenters. The Balaban J connectivity index is 2.22. The molecule has 2 rings (SSSR count). The van der Waals surface area contributed by atoms with Gasteiger partial charge in [-0.2, -0.15) is 0 Å². The van der Waals surface area contributed by atoms with E-state index >= 15 is 0 Å². The summed E-state index contributed by atoms with van der Waals surface area (Å²) in [7, 11) is 1.48. The first-order valence-corrected chi connectivity index (χ1v) is 4.79. The van der Waals surface area contributed by atoms with Crippen LogP contribution in [0.2, 0.25) is 0 Å². The van der Waals surface area contributed by atoms with E-state index in [2.05, 4.69) is 15.3 Å². The summed E-state index contributed by atoms with van der Waals surface area (Å²) in [4.78, 5) is 19.6. The Morgan fingerprint density at radius 2 is 2.06 bits per heavy atom. The monoisotopic (exact) mass is 217 g/mol. The van der Waals surface area contributed by atoms with Gasteiger partial charge in [0.15, 0.2) is 0 Å². The van der Waals surface area contributed by atoms with Crippen LogP contribution in [0.4, 0.5) is 5.69 Å². The van der Waals surface area contributed by atoms with Crippen LogP contribution < -0.4 is 5.32 Å². The highest BCUT2D eigenvalue weighted by Gasteiger charge is 2.02. The van der Waals surface area contributed by atoms with Gasteiger partial charge in [0.25, 0.3) is 0 Å². The number of rotatable bonds is 3. The van der Waals surface area contributed by atoms with Gasteiger partial charge in [-0.05, 0) is 18.2 Å². The lowest BCUT2D eigenvalue weighted by Gasteiger charge is -2.04. The van der Waals surface area contributed by atoms with Crippen LogP contribution in [0.25, 0.3) is 11.0 Å². The highest BCUT2D eigenvalue weighted by atomic mass is 16.5. The molecule has 0 aliphatic carbocycles. The minimum absolute atomic E-state index is 0.0402. The number of carbonyl (C=O) groups excluding carboxylic acids is 1. The molecule has 5 heteroatoms. The molecule has 16 heavy (non-hydrogen) atoms. The van der Waals surface area contributed by atoms with Gasteiger partial charge < -0.3 is 10.1 Å². The number of nitrogens with one attached hydrogen (secondary N) is 1. The smallest absolute Gasteiger partial charge is 0.250 e. The zero-order valence-electron chi connectivity index (χ0n) is 8.80. The molecule has 0 fully saturated rings. The first kappa shape index (κ1) is 10.5. The van der Waals surface area contributed by atoms with E-state index in [4.69, 9.17) is 4.74 Å². The minimum atomic E-state index is -0.189. The van der Waals surface area contributed by atoms with Crippen molar-refractivity contribution in [2.24, 2.45) is 0 Å². The van der Waals surface area contributed by atoms with Gasteiger partial charge in [0, 0.05) is 25.2 Å². The fraction of sp³-hybridized carbons (Fsp3) is 0.182. The Morgan fingerprint density at radius 3 is 2.81 bits per heavy atom. The van der Waals surface area contributed by atoms with E-state index in [0.29, 0.717) is 5.69 Å². The summed E-state index contributed by atoms with van der Waals surface area (Å²) in [5, 5.41) is 2.70. The first-order chi connectivity index (χ1) is 7.79. The average Bonchev–Trinajstić information content (AvgIpc) is 2.29. The predicted octanol–water partition coefficient (Wildman–Crippen LogP) is 1.21. The van der Waals surface area contributed by atoms with Gasteiger partial charge in [-0.15, -0.1) is 0 Å². The normalized spacial score (nSPS) is 10.3. The van der Waals surface area contributed by atoms with Crippen LogP contribution in [0, 0.1) is 0 Å². The highest BCUT2D eigenvalue weighted by Crippen LogP contribution is 2.14. The molecule has 82 valence electrons. The molecule has 2 aromatic rings. The van der Waals surface area contributed by atoms with Crippen molar-refractivity contribution in [3.63, 3.8) is 0 Å². The Kier molecular flexibility index (Phi) is 3.07. The fourth-order valence-corrected chi connectivity index (χ4v) is 1.37. The van der Waals surface area contributed by atoms with Crippen LogP contribution in [0.3, 0.4) is 0 Å². The van der Waals surface area contributed by atoms with Gasteiger partial charge in [-0.3, -0.25) is 14.8 Å². The van der Waals surface area contributed by atoms with E-state index in [0.717, 1.165) is 11.0 Å². The number of aromatic nitrogens is 2. The van der Waals surface area contributed by atoms with Crippen molar-refractivity contribution >= 4 is 22.6 Å². The van der Waals surface area contributed by atoms with Gasteiger partial charge in [-0.1, -0.05) is 0 Å². The van der Waals surface area contributed by atoms with Crippen molar-refractivity contribution in [2.75, 3.05) is 19.0 Å².